The van der Waals surface area contributed by atoms with Crippen LogP contribution in [0.15, 0.2) is 29.2 Å². The molecule has 2 saturated heterocycles. The van der Waals surface area contributed by atoms with Crippen LogP contribution in [0.25, 0.3) is 6.08 Å². The van der Waals surface area contributed by atoms with E-state index in [1.54, 1.807) is 11.0 Å². The van der Waals surface area contributed by atoms with Gasteiger partial charge in [-0.25, -0.2) is 0 Å². The molecule has 2 heterocycles. The molecule has 1 aromatic rings. The van der Waals surface area contributed by atoms with Crippen molar-refractivity contribution in [2.45, 2.75) is 32.8 Å². The van der Waals surface area contributed by atoms with Crippen LogP contribution < -0.4 is 4.74 Å². The Hall–Kier alpha value is -2.28. The number of ether oxygens (including phenoxy) is 1. The first kappa shape index (κ1) is 18.5. The summed E-state index contributed by atoms with van der Waals surface area (Å²) in [4.78, 5) is 40.0. The van der Waals surface area contributed by atoms with E-state index in [0.29, 0.717) is 18.0 Å². The van der Waals surface area contributed by atoms with Gasteiger partial charge < -0.3 is 9.64 Å². The van der Waals surface area contributed by atoms with Crippen molar-refractivity contribution >= 4 is 34.9 Å². The maximum atomic E-state index is 12.5. The Balaban J connectivity index is 1.67. The number of likely N-dealkylation sites (tertiary alicyclic amines) is 1. The summed E-state index contributed by atoms with van der Waals surface area (Å²) < 4.78 is 5.59. The molecule has 2 aliphatic heterocycles. The molecule has 0 radical (unpaired) electrons. The first-order chi connectivity index (χ1) is 12.4. The third-order valence-corrected chi connectivity index (χ3v) is 5.08. The second-order valence-corrected chi connectivity index (χ2v) is 7.58. The van der Waals surface area contributed by atoms with Gasteiger partial charge >= 0.3 is 0 Å². The van der Waals surface area contributed by atoms with E-state index in [1.807, 2.05) is 38.1 Å². The summed E-state index contributed by atoms with van der Waals surface area (Å²) in [6, 6.07) is 7.32. The minimum absolute atomic E-state index is 0.0884. The van der Waals surface area contributed by atoms with E-state index >= 15 is 0 Å². The smallest absolute Gasteiger partial charge is 0.294 e. The van der Waals surface area contributed by atoms with Gasteiger partial charge in [-0.15, -0.1) is 0 Å². The predicted octanol–water partition coefficient (Wildman–Crippen LogP) is 3.13. The van der Waals surface area contributed by atoms with Crippen LogP contribution in [-0.4, -0.2) is 52.6 Å². The molecule has 2 fully saturated rings. The minimum atomic E-state index is -0.407. The number of amides is 3. The van der Waals surface area contributed by atoms with Crippen molar-refractivity contribution in [3.63, 3.8) is 0 Å². The first-order valence-electron chi connectivity index (χ1n) is 8.74. The van der Waals surface area contributed by atoms with E-state index in [2.05, 4.69) is 0 Å². The van der Waals surface area contributed by atoms with Crippen molar-refractivity contribution in [2.24, 2.45) is 0 Å². The summed E-state index contributed by atoms with van der Waals surface area (Å²) in [6.45, 7) is 5.13. The van der Waals surface area contributed by atoms with Gasteiger partial charge in [-0.2, -0.15) is 0 Å². The van der Waals surface area contributed by atoms with Gasteiger partial charge in [0.25, 0.3) is 11.1 Å². The maximum Gasteiger partial charge on any atom is 0.294 e. The Bertz CT molecular complexity index is 736. The summed E-state index contributed by atoms with van der Waals surface area (Å²) in [7, 11) is 0. The lowest BCUT2D eigenvalue weighted by molar-refractivity contribution is -0.135. The van der Waals surface area contributed by atoms with E-state index in [9.17, 15) is 14.4 Å². The highest BCUT2D eigenvalue weighted by molar-refractivity contribution is 8.18. The highest BCUT2D eigenvalue weighted by Gasteiger charge is 2.37. The topological polar surface area (TPSA) is 66.9 Å². The standard InChI is InChI=1S/C19H22N2O4S/c1-13(2)25-15-7-5-14(6-8-15)11-16-18(23)21(19(24)26-16)12-17(22)20-9-3-4-10-20/h5-8,11,13H,3-4,9-10,12H2,1-2H3/b16-11-. The Labute approximate surface area is 157 Å². The first-order valence-corrected chi connectivity index (χ1v) is 9.55. The average Bonchev–Trinajstić information content (AvgIpc) is 3.21. The molecule has 26 heavy (non-hydrogen) atoms. The van der Waals surface area contributed by atoms with Gasteiger partial charge in [0, 0.05) is 13.1 Å². The van der Waals surface area contributed by atoms with Gasteiger partial charge in [0.05, 0.1) is 11.0 Å². The maximum absolute atomic E-state index is 12.5. The molecule has 0 bridgehead atoms. The summed E-state index contributed by atoms with van der Waals surface area (Å²) in [5.74, 6) is 0.178. The van der Waals surface area contributed by atoms with Crippen LogP contribution in [0.5, 0.6) is 5.75 Å². The number of carbonyl (C=O) groups excluding carboxylic acids is 3. The number of benzene rings is 1. The van der Waals surface area contributed by atoms with Crippen molar-refractivity contribution in [3.05, 3.63) is 34.7 Å². The summed E-state index contributed by atoms with van der Waals surface area (Å²) in [6.07, 6.45) is 3.71. The molecule has 0 aliphatic carbocycles. The van der Waals surface area contributed by atoms with Crippen molar-refractivity contribution in [3.8, 4) is 5.75 Å². The molecule has 0 atom stereocenters. The molecule has 138 valence electrons. The Morgan fingerprint density at radius 2 is 1.85 bits per heavy atom. The monoisotopic (exact) mass is 374 g/mol. The largest absolute Gasteiger partial charge is 0.491 e. The number of hydrogen-bond donors (Lipinski definition) is 0. The van der Waals surface area contributed by atoms with Crippen LogP contribution in [-0.2, 0) is 9.59 Å². The van der Waals surface area contributed by atoms with Gasteiger partial charge in [-0.05, 0) is 62.2 Å². The van der Waals surface area contributed by atoms with Gasteiger partial charge in [-0.1, -0.05) is 12.1 Å². The third-order valence-electron chi connectivity index (χ3n) is 4.18. The van der Waals surface area contributed by atoms with E-state index in [1.165, 1.54) is 0 Å². The SMILES string of the molecule is CC(C)Oc1ccc(/C=C2\SC(=O)N(CC(=O)N3CCCC3)C2=O)cc1. The van der Waals surface area contributed by atoms with E-state index in [4.69, 9.17) is 4.74 Å². The van der Waals surface area contributed by atoms with Crippen molar-refractivity contribution < 1.29 is 19.1 Å². The lowest BCUT2D eigenvalue weighted by atomic mass is 10.2. The van der Waals surface area contributed by atoms with E-state index in [-0.39, 0.29) is 18.6 Å². The molecule has 0 saturated carbocycles. The molecule has 0 aromatic heterocycles. The van der Waals surface area contributed by atoms with Crippen LogP contribution in [0, 0.1) is 0 Å². The third kappa shape index (κ3) is 4.27. The zero-order valence-corrected chi connectivity index (χ0v) is 15.8. The fraction of sp³-hybridized carbons (Fsp3) is 0.421. The quantitative estimate of drug-likeness (QED) is 0.741. The Morgan fingerprint density at radius 3 is 2.46 bits per heavy atom. The van der Waals surface area contributed by atoms with Gasteiger partial charge in [-0.3, -0.25) is 19.3 Å². The predicted molar refractivity (Wildman–Crippen MR) is 101 cm³/mol. The number of rotatable bonds is 5. The van der Waals surface area contributed by atoms with Gasteiger partial charge in [0.15, 0.2) is 0 Å². The molecular weight excluding hydrogens is 352 g/mol. The second kappa shape index (κ2) is 7.95. The zero-order valence-electron chi connectivity index (χ0n) is 14.9. The Kier molecular flexibility index (Phi) is 5.66. The molecule has 3 rings (SSSR count). The molecule has 6 nitrogen and oxygen atoms in total. The average molecular weight is 374 g/mol. The minimum Gasteiger partial charge on any atom is -0.491 e. The van der Waals surface area contributed by atoms with E-state index in [0.717, 1.165) is 40.8 Å². The molecular formula is C19H22N2O4S. The molecule has 7 heteroatoms. The van der Waals surface area contributed by atoms with Gasteiger partial charge in [0.1, 0.15) is 12.3 Å². The Morgan fingerprint density at radius 1 is 1.19 bits per heavy atom. The number of imide groups is 1. The van der Waals surface area contributed by atoms with E-state index < -0.39 is 11.1 Å². The van der Waals surface area contributed by atoms with Crippen molar-refractivity contribution in [1.29, 1.82) is 0 Å². The summed E-state index contributed by atoms with van der Waals surface area (Å²) in [5, 5.41) is -0.395. The highest BCUT2D eigenvalue weighted by Crippen LogP contribution is 2.32. The fourth-order valence-electron chi connectivity index (χ4n) is 2.90. The highest BCUT2D eigenvalue weighted by atomic mass is 32.2. The molecule has 3 amide bonds. The number of carbonyl (C=O) groups is 3. The number of nitrogens with zero attached hydrogens (tertiary/aromatic N) is 2. The van der Waals surface area contributed by atoms with Crippen LogP contribution in [0.3, 0.4) is 0 Å². The van der Waals surface area contributed by atoms with Crippen LogP contribution in [0.2, 0.25) is 0 Å². The summed E-state index contributed by atoms with van der Waals surface area (Å²) in [5.41, 5.74) is 0.803. The molecule has 0 unspecified atom stereocenters. The molecule has 0 N–H and O–H groups in total. The molecule has 0 spiro atoms. The summed E-state index contributed by atoms with van der Waals surface area (Å²) >= 11 is 0.873. The number of thioether (sulfide) groups is 1. The lowest BCUT2D eigenvalue weighted by Gasteiger charge is -2.18. The lowest BCUT2D eigenvalue weighted by Crippen LogP contribution is -2.40. The zero-order chi connectivity index (χ0) is 18.7. The normalized spacial score (nSPS) is 19.1. The number of hydrogen-bond acceptors (Lipinski definition) is 5. The van der Waals surface area contributed by atoms with Gasteiger partial charge in [0.2, 0.25) is 5.91 Å². The second-order valence-electron chi connectivity index (χ2n) is 6.59. The molecule has 1 aromatic carbocycles. The van der Waals surface area contributed by atoms with Crippen LogP contribution in [0.1, 0.15) is 32.3 Å². The van der Waals surface area contributed by atoms with Crippen LogP contribution in [0.4, 0.5) is 4.79 Å². The fourth-order valence-corrected chi connectivity index (χ4v) is 3.74. The van der Waals surface area contributed by atoms with Crippen molar-refractivity contribution in [2.75, 3.05) is 19.6 Å². The molecule has 2 aliphatic rings. The van der Waals surface area contributed by atoms with Crippen LogP contribution >= 0.6 is 11.8 Å². The van der Waals surface area contributed by atoms with Crippen molar-refractivity contribution in [1.82, 2.24) is 9.80 Å².